The molecule has 1 aromatic rings. The number of nitrogens with zero attached hydrogens (tertiary/aromatic N) is 3. The molecule has 1 saturated carbocycles. The summed E-state index contributed by atoms with van der Waals surface area (Å²) in [5, 5.41) is 7.68. The van der Waals surface area contributed by atoms with Crippen molar-refractivity contribution in [2.24, 2.45) is 13.0 Å². The average Bonchev–Trinajstić information content (AvgIpc) is 3.04. The van der Waals surface area contributed by atoms with Crippen molar-refractivity contribution >= 4 is 6.03 Å². The summed E-state index contributed by atoms with van der Waals surface area (Å²) in [5.41, 5.74) is 3.52. The number of carbonyl (C=O) groups is 1. The van der Waals surface area contributed by atoms with Crippen LogP contribution in [0.5, 0.6) is 0 Å². The monoisotopic (exact) mass is 318 g/mol. The highest BCUT2D eigenvalue weighted by atomic mass is 16.2. The molecular weight excluding hydrogens is 288 g/mol. The van der Waals surface area contributed by atoms with Gasteiger partial charge in [0.1, 0.15) is 0 Å². The highest BCUT2D eigenvalue weighted by Gasteiger charge is 2.38. The molecule has 0 aromatic carbocycles. The molecule has 1 aliphatic heterocycles. The maximum Gasteiger partial charge on any atom is 0.317 e. The number of urea groups is 1. The van der Waals surface area contributed by atoms with Gasteiger partial charge in [-0.1, -0.05) is 12.8 Å². The van der Waals surface area contributed by atoms with Gasteiger partial charge in [0.2, 0.25) is 0 Å². The van der Waals surface area contributed by atoms with E-state index in [-0.39, 0.29) is 12.1 Å². The lowest BCUT2D eigenvalue weighted by Gasteiger charge is -2.32. The summed E-state index contributed by atoms with van der Waals surface area (Å²) in [5.74, 6) is 0.743. The van der Waals surface area contributed by atoms with Crippen LogP contribution in [0, 0.1) is 19.8 Å². The van der Waals surface area contributed by atoms with Gasteiger partial charge in [-0.3, -0.25) is 4.68 Å². The second-order valence-corrected chi connectivity index (χ2v) is 7.42. The van der Waals surface area contributed by atoms with Crippen LogP contribution in [-0.4, -0.2) is 39.3 Å². The fraction of sp³-hybridized carbons (Fsp3) is 0.778. The van der Waals surface area contributed by atoms with Gasteiger partial charge in [0, 0.05) is 31.4 Å². The van der Waals surface area contributed by atoms with Crippen molar-refractivity contribution in [2.75, 3.05) is 6.54 Å². The van der Waals surface area contributed by atoms with Gasteiger partial charge < -0.3 is 10.2 Å². The van der Waals surface area contributed by atoms with E-state index in [2.05, 4.69) is 29.2 Å². The van der Waals surface area contributed by atoms with Crippen LogP contribution in [0.3, 0.4) is 0 Å². The second-order valence-electron chi connectivity index (χ2n) is 7.42. The number of aryl methyl sites for hydroxylation is 2. The van der Waals surface area contributed by atoms with Crippen LogP contribution in [0.15, 0.2) is 0 Å². The molecule has 0 radical (unpaired) electrons. The maximum atomic E-state index is 12.7. The van der Waals surface area contributed by atoms with Gasteiger partial charge in [0.05, 0.1) is 5.69 Å². The van der Waals surface area contributed by atoms with Crippen LogP contribution in [0.1, 0.15) is 56.0 Å². The summed E-state index contributed by atoms with van der Waals surface area (Å²) in [7, 11) is 1.97. The van der Waals surface area contributed by atoms with E-state index in [4.69, 9.17) is 0 Å². The number of likely N-dealkylation sites (tertiary alicyclic amines) is 1. The molecule has 0 bridgehead atoms. The third kappa shape index (κ3) is 3.24. The number of hydrogen-bond acceptors (Lipinski definition) is 2. The van der Waals surface area contributed by atoms with E-state index in [1.807, 2.05) is 18.7 Å². The second kappa shape index (κ2) is 6.54. The lowest BCUT2D eigenvalue weighted by Crippen LogP contribution is -2.48. The van der Waals surface area contributed by atoms with Crippen LogP contribution in [0.25, 0.3) is 0 Å². The third-order valence-electron chi connectivity index (χ3n) is 5.81. The summed E-state index contributed by atoms with van der Waals surface area (Å²) < 4.78 is 1.92. The molecule has 1 aliphatic carbocycles. The summed E-state index contributed by atoms with van der Waals surface area (Å²) in [6.45, 7) is 7.16. The van der Waals surface area contributed by atoms with Gasteiger partial charge in [-0.2, -0.15) is 5.10 Å². The average molecular weight is 318 g/mol. The molecule has 0 spiro atoms. The standard InChI is InChI=1S/C18H30N4O/c1-12(11-16-13(2)20-21(4)14(16)3)19-18(23)22-10-9-15-7-5-6-8-17(15)22/h12,15,17H,5-11H2,1-4H3,(H,19,23)/t12-,15+,17-/m0/s1. The molecule has 3 atom stereocenters. The fourth-order valence-corrected chi connectivity index (χ4v) is 4.42. The Balaban J connectivity index is 1.59. The van der Waals surface area contributed by atoms with E-state index in [0.717, 1.165) is 24.6 Å². The number of hydrogen-bond donors (Lipinski definition) is 1. The topological polar surface area (TPSA) is 50.2 Å². The van der Waals surface area contributed by atoms with Crippen molar-refractivity contribution in [1.82, 2.24) is 20.0 Å². The highest BCUT2D eigenvalue weighted by molar-refractivity contribution is 5.75. The van der Waals surface area contributed by atoms with E-state index in [0.29, 0.717) is 6.04 Å². The van der Waals surface area contributed by atoms with Crippen molar-refractivity contribution < 1.29 is 4.79 Å². The van der Waals surface area contributed by atoms with Gasteiger partial charge in [0.25, 0.3) is 0 Å². The maximum absolute atomic E-state index is 12.7. The molecule has 1 aromatic heterocycles. The van der Waals surface area contributed by atoms with Crippen molar-refractivity contribution in [3.05, 3.63) is 17.0 Å². The third-order valence-corrected chi connectivity index (χ3v) is 5.81. The first-order chi connectivity index (χ1) is 11.0. The van der Waals surface area contributed by atoms with Crippen molar-refractivity contribution in [2.45, 2.75) is 71.4 Å². The number of rotatable bonds is 3. The Hall–Kier alpha value is -1.52. The molecule has 2 aliphatic rings. The lowest BCUT2D eigenvalue weighted by atomic mass is 9.85. The lowest BCUT2D eigenvalue weighted by molar-refractivity contribution is 0.167. The number of nitrogens with one attached hydrogen (secondary N) is 1. The Bertz CT molecular complexity index is 580. The first-order valence-electron chi connectivity index (χ1n) is 9.03. The first kappa shape index (κ1) is 16.3. The van der Waals surface area contributed by atoms with Crippen LogP contribution in [-0.2, 0) is 13.5 Å². The Morgan fingerprint density at radius 3 is 2.74 bits per heavy atom. The van der Waals surface area contributed by atoms with Crippen molar-refractivity contribution in [1.29, 1.82) is 0 Å². The zero-order valence-electron chi connectivity index (χ0n) is 14.9. The first-order valence-corrected chi connectivity index (χ1v) is 9.03. The Morgan fingerprint density at radius 1 is 1.30 bits per heavy atom. The number of aromatic nitrogens is 2. The quantitative estimate of drug-likeness (QED) is 0.931. The van der Waals surface area contributed by atoms with Gasteiger partial charge in [-0.15, -0.1) is 0 Å². The zero-order chi connectivity index (χ0) is 16.6. The van der Waals surface area contributed by atoms with Gasteiger partial charge >= 0.3 is 6.03 Å². The van der Waals surface area contributed by atoms with Gasteiger partial charge in [-0.25, -0.2) is 4.79 Å². The summed E-state index contributed by atoms with van der Waals surface area (Å²) >= 11 is 0. The van der Waals surface area contributed by atoms with Crippen LogP contribution < -0.4 is 5.32 Å². The van der Waals surface area contributed by atoms with Crippen LogP contribution >= 0.6 is 0 Å². The van der Waals surface area contributed by atoms with E-state index in [1.54, 1.807) is 0 Å². The minimum absolute atomic E-state index is 0.131. The summed E-state index contributed by atoms with van der Waals surface area (Å²) in [4.78, 5) is 14.8. The predicted molar refractivity (Wildman–Crippen MR) is 91.4 cm³/mol. The molecule has 3 rings (SSSR count). The molecule has 1 N–H and O–H groups in total. The Kier molecular flexibility index (Phi) is 4.64. The molecule has 5 nitrogen and oxygen atoms in total. The molecule has 128 valence electrons. The van der Waals surface area contributed by atoms with Gasteiger partial charge in [-0.05, 0) is 57.9 Å². The minimum atomic E-state index is 0.131. The molecule has 2 amide bonds. The normalized spacial score (nSPS) is 25.3. The molecule has 23 heavy (non-hydrogen) atoms. The SMILES string of the molecule is Cc1nn(C)c(C)c1C[C@H](C)NC(=O)N1CC[C@H]2CCCC[C@@H]21. The number of fused-ring (bicyclic) bond motifs is 1. The molecule has 5 heteroatoms. The minimum Gasteiger partial charge on any atom is -0.335 e. The zero-order valence-corrected chi connectivity index (χ0v) is 14.9. The summed E-state index contributed by atoms with van der Waals surface area (Å²) in [6, 6.07) is 0.746. The predicted octanol–water partition coefficient (Wildman–Crippen LogP) is 2.94. The van der Waals surface area contributed by atoms with Crippen molar-refractivity contribution in [3.63, 3.8) is 0 Å². The van der Waals surface area contributed by atoms with Crippen molar-refractivity contribution in [3.8, 4) is 0 Å². The van der Waals surface area contributed by atoms with E-state index < -0.39 is 0 Å². The van der Waals surface area contributed by atoms with Crippen LogP contribution in [0.4, 0.5) is 4.79 Å². The van der Waals surface area contributed by atoms with E-state index in [1.165, 1.54) is 43.4 Å². The molecule has 0 unspecified atom stereocenters. The Labute approximate surface area is 139 Å². The highest BCUT2D eigenvalue weighted by Crippen LogP contribution is 2.36. The van der Waals surface area contributed by atoms with E-state index in [9.17, 15) is 4.79 Å². The molecular formula is C18H30N4O. The number of carbonyl (C=O) groups excluding carboxylic acids is 1. The van der Waals surface area contributed by atoms with Crippen LogP contribution in [0.2, 0.25) is 0 Å². The fourth-order valence-electron chi connectivity index (χ4n) is 4.42. The van der Waals surface area contributed by atoms with Gasteiger partial charge in [0.15, 0.2) is 0 Å². The Morgan fingerprint density at radius 2 is 2.04 bits per heavy atom. The molecule has 1 saturated heterocycles. The largest absolute Gasteiger partial charge is 0.335 e. The number of amides is 2. The summed E-state index contributed by atoms with van der Waals surface area (Å²) in [6.07, 6.45) is 7.14. The molecule has 2 heterocycles. The molecule has 2 fully saturated rings. The van der Waals surface area contributed by atoms with E-state index >= 15 is 0 Å². The smallest absolute Gasteiger partial charge is 0.317 e.